The fourth-order valence-electron chi connectivity index (χ4n) is 2.90. The van der Waals surface area contributed by atoms with Gasteiger partial charge in [-0.2, -0.15) is 4.31 Å². The van der Waals surface area contributed by atoms with E-state index in [1.54, 1.807) is 0 Å². The van der Waals surface area contributed by atoms with Crippen LogP contribution in [0.5, 0.6) is 0 Å². The number of rotatable bonds is 4. The summed E-state index contributed by atoms with van der Waals surface area (Å²) < 4.78 is 41.0. The standard InChI is InChI=1S/C14H20ClFN2O2S/c1-3-11-5-4-9(2)18(11)21(19,20)12-6-10(8-17)14(15)13(16)7-12/h6-7,9,11H,3-5,8,17H2,1-2H3. The van der Waals surface area contributed by atoms with Crippen LogP contribution in [-0.2, 0) is 16.6 Å². The molecule has 1 aliphatic heterocycles. The second-order valence-corrected chi connectivity index (χ2v) is 7.63. The van der Waals surface area contributed by atoms with Crippen LogP contribution in [0.4, 0.5) is 4.39 Å². The van der Waals surface area contributed by atoms with Gasteiger partial charge in [0.15, 0.2) is 0 Å². The monoisotopic (exact) mass is 334 g/mol. The minimum Gasteiger partial charge on any atom is -0.326 e. The van der Waals surface area contributed by atoms with E-state index in [1.807, 2.05) is 13.8 Å². The molecule has 118 valence electrons. The fourth-order valence-corrected chi connectivity index (χ4v) is 5.10. The number of nitrogens with zero attached hydrogens (tertiary/aromatic N) is 1. The molecule has 2 N–H and O–H groups in total. The molecule has 0 spiro atoms. The quantitative estimate of drug-likeness (QED) is 0.920. The second-order valence-electron chi connectivity index (χ2n) is 5.41. The van der Waals surface area contributed by atoms with Crippen molar-refractivity contribution in [2.24, 2.45) is 5.73 Å². The predicted molar refractivity (Wildman–Crippen MR) is 81.1 cm³/mol. The SMILES string of the molecule is CCC1CCC(C)N1S(=O)(=O)c1cc(F)c(Cl)c(CN)c1. The van der Waals surface area contributed by atoms with E-state index in [4.69, 9.17) is 17.3 Å². The van der Waals surface area contributed by atoms with Crippen LogP contribution in [0.2, 0.25) is 5.02 Å². The molecule has 4 nitrogen and oxygen atoms in total. The molecule has 2 unspecified atom stereocenters. The number of halogens is 2. The molecule has 2 rings (SSSR count). The van der Waals surface area contributed by atoms with E-state index in [-0.39, 0.29) is 28.5 Å². The summed E-state index contributed by atoms with van der Waals surface area (Å²) in [5.74, 6) is -0.752. The van der Waals surface area contributed by atoms with E-state index in [1.165, 1.54) is 10.4 Å². The third kappa shape index (κ3) is 2.95. The van der Waals surface area contributed by atoms with Gasteiger partial charge >= 0.3 is 0 Å². The lowest BCUT2D eigenvalue weighted by atomic mass is 10.2. The van der Waals surface area contributed by atoms with Crippen molar-refractivity contribution in [2.75, 3.05) is 0 Å². The maximum atomic E-state index is 13.8. The average Bonchev–Trinajstić information content (AvgIpc) is 2.83. The third-order valence-electron chi connectivity index (χ3n) is 4.06. The van der Waals surface area contributed by atoms with Crippen LogP contribution in [-0.4, -0.2) is 24.8 Å². The first-order valence-corrected chi connectivity index (χ1v) is 8.86. The van der Waals surface area contributed by atoms with Crippen LogP contribution in [0.25, 0.3) is 0 Å². The van der Waals surface area contributed by atoms with Crippen LogP contribution >= 0.6 is 11.6 Å². The van der Waals surface area contributed by atoms with Crippen molar-refractivity contribution in [3.05, 3.63) is 28.5 Å². The molecule has 1 heterocycles. The van der Waals surface area contributed by atoms with E-state index < -0.39 is 15.8 Å². The second kappa shape index (κ2) is 6.20. The van der Waals surface area contributed by atoms with Crippen molar-refractivity contribution < 1.29 is 12.8 Å². The summed E-state index contributed by atoms with van der Waals surface area (Å²) in [4.78, 5) is -0.0722. The Morgan fingerprint density at radius 1 is 1.43 bits per heavy atom. The van der Waals surface area contributed by atoms with Gasteiger partial charge in [-0.25, -0.2) is 12.8 Å². The first-order valence-electron chi connectivity index (χ1n) is 7.04. The van der Waals surface area contributed by atoms with Crippen LogP contribution < -0.4 is 5.73 Å². The molecule has 21 heavy (non-hydrogen) atoms. The van der Waals surface area contributed by atoms with Gasteiger partial charge in [0, 0.05) is 18.6 Å². The highest BCUT2D eigenvalue weighted by Gasteiger charge is 2.39. The van der Waals surface area contributed by atoms with Crippen molar-refractivity contribution in [1.82, 2.24) is 4.31 Å². The molecule has 0 aliphatic carbocycles. The van der Waals surface area contributed by atoms with Gasteiger partial charge in [0.25, 0.3) is 0 Å². The third-order valence-corrected chi connectivity index (χ3v) is 6.52. The summed E-state index contributed by atoms with van der Waals surface area (Å²) in [5, 5.41) is -0.113. The lowest BCUT2D eigenvalue weighted by Crippen LogP contribution is -2.39. The lowest BCUT2D eigenvalue weighted by Gasteiger charge is -2.27. The normalized spacial score (nSPS) is 23.7. The topological polar surface area (TPSA) is 63.4 Å². The summed E-state index contributed by atoms with van der Waals surface area (Å²) in [6.07, 6.45) is 2.39. The molecule has 1 aromatic rings. The van der Waals surface area contributed by atoms with Crippen LogP contribution in [0.15, 0.2) is 17.0 Å². The van der Waals surface area contributed by atoms with Gasteiger partial charge in [-0.15, -0.1) is 0 Å². The molecule has 1 aromatic carbocycles. The van der Waals surface area contributed by atoms with Gasteiger partial charge < -0.3 is 5.73 Å². The summed E-state index contributed by atoms with van der Waals surface area (Å²) in [6.45, 7) is 3.83. The van der Waals surface area contributed by atoms with Gasteiger partial charge in [-0.1, -0.05) is 18.5 Å². The maximum Gasteiger partial charge on any atom is 0.243 e. The molecule has 0 aromatic heterocycles. The van der Waals surface area contributed by atoms with Crippen molar-refractivity contribution in [3.8, 4) is 0 Å². The zero-order valence-corrected chi connectivity index (χ0v) is 13.7. The van der Waals surface area contributed by atoms with E-state index in [0.717, 1.165) is 25.3 Å². The highest BCUT2D eigenvalue weighted by Crippen LogP contribution is 2.34. The Morgan fingerprint density at radius 3 is 2.67 bits per heavy atom. The van der Waals surface area contributed by atoms with Crippen molar-refractivity contribution >= 4 is 21.6 Å². The Kier molecular flexibility index (Phi) is 4.92. The van der Waals surface area contributed by atoms with Gasteiger partial charge in [-0.05, 0) is 43.9 Å². The Hall–Kier alpha value is -0.690. The Bertz CT molecular complexity index is 636. The molecule has 0 amide bonds. The van der Waals surface area contributed by atoms with E-state index in [9.17, 15) is 12.8 Å². The van der Waals surface area contributed by atoms with E-state index in [2.05, 4.69) is 0 Å². The first kappa shape index (κ1) is 16.7. The molecule has 0 bridgehead atoms. The molecule has 2 atom stereocenters. The minimum atomic E-state index is -3.74. The van der Waals surface area contributed by atoms with Gasteiger partial charge in [-0.3, -0.25) is 0 Å². The Labute approximate surface area is 130 Å². The Balaban J connectivity index is 2.51. The van der Waals surface area contributed by atoms with E-state index >= 15 is 0 Å². The molecule has 0 radical (unpaired) electrons. The number of nitrogens with two attached hydrogens (primary N) is 1. The number of sulfonamides is 1. The van der Waals surface area contributed by atoms with E-state index in [0.29, 0.717) is 5.56 Å². The molecule has 1 fully saturated rings. The predicted octanol–water partition coefficient (Wildman–Crippen LogP) is 2.89. The maximum absolute atomic E-state index is 13.8. The molecule has 0 saturated carbocycles. The molecule has 7 heteroatoms. The van der Waals surface area contributed by atoms with Crippen LogP contribution in [0.1, 0.15) is 38.7 Å². The minimum absolute atomic E-state index is 0.00806. The smallest absolute Gasteiger partial charge is 0.243 e. The molecule has 1 aliphatic rings. The summed E-state index contributed by atoms with van der Waals surface area (Å²) in [5.41, 5.74) is 5.81. The summed E-state index contributed by atoms with van der Waals surface area (Å²) >= 11 is 5.80. The number of hydrogen-bond donors (Lipinski definition) is 1. The van der Waals surface area contributed by atoms with Crippen molar-refractivity contribution in [3.63, 3.8) is 0 Å². The van der Waals surface area contributed by atoms with Crippen LogP contribution in [0.3, 0.4) is 0 Å². The molecular formula is C14H20ClFN2O2S. The molecule has 1 saturated heterocycles. The first-order chi connectivity index (χ1) is 9.82. The number of hydrogen-bond acceptors (Lipinski definition) is 3. The van der Waals surface area contributed by atoms with Gasteiger partial charge in [0.2, 0.25) is 10.0 Å². The highest BCUT2D eigenvalue weighted by atomic mass is 35.5. The summed E-state index contributed by atoms with van der Waals surface area (Å²) in [6, 6.07) is 2.23. The Morgan fingerprint density at radius 2 is 2.10 bits per heavy atom. The van der Waals surface area contributed by atoms with Gasteiger partial charge in [0.05, 0.1) is 9.92 Å². The fraction of sp³-hybridized carbons (Fsp3) is 0.571. The molecular weight excluding hydrogens is 315 g/mol. The largest absolute Gasteiger partial charge is 0.326 e. The van der Waals surface area contributed by atoms with Crippen molar-refractivity contribution in [2.45, 2.75) is 56.6 Å². The average molecular weight is 335 g/mol. The van der Waals surface area contributed by atoms with Crippen LogP contribution in [0, 0.1) is 5.82 Å². The zero-order chi connectivity index (χ0) is 15.8. The lowest BCUT2D eigenvalue weighted by molar-refractivity contribution is 0.328. The van der Waals surface area contributed by atoms with Crippen molar-refractivity contribution in [1.29, 1.82) is 0 Å². The zero-order valence-electron chi connectivity index (χ0n) is 12.1. The highest BCUT2D eigenvalue weighted by molar-refractivity contribution is 7.89. The van der Waals surface area contributed by atoms with Gasteiger partial charge in [0.1, 0.15) is 5.82 Å². The number of benzene rings is 1. The summed E-state index contributed by atoms with van der Waals surface area (Å²) in [7, 11) is -3.74.